The second-order valence-electron chi connectivity index (χ2n) is 7.40. The third kappa shape index (κ3) is 4.00. The summed E-state index contributed by atoms with van der Waals surface area (Å²) < 4.78 is 17.6. The molecular weight excluding hydrogens is 473 g/mol. The van der Waals surface area contributed by atoms with E-state index in [1.807, 2.05) is 36.4 Å². The number of esters is 1. The lowest BCUT2D eigenvalue weighted by molar-refractivity contribution is 0.0694. The van der Waals surface area contributed by atoms with Crippen molar-refractivity contribution in [3.05, 3.63) is 106 Å². The maximum absolute atomic E-state index is 13.1. The quantitative estimate of drug-likeness (QED) is 0.187. The van der Waals surface area contributed by atoms with Crippen LogP contribution in [-0.2, 0) is 4.74 Å². The minimum absolute atomic E-state index is 0.253. The molecule has 0 saturated carbocycles. The van der Waals surface area contributed by atoms with Crippen LogP contribution in [0.4, 0.5) is 0 Å². The predicted octanol–water partition coefficient (Wildman–Crippen LogP) is 7.65. The van der Waals surface area contributed by atoms with Gasteiger partial charge < -0.3 is 13.9 Å². The number of nitrogens with zero attached hydrogens (tertiary/aromatic N) is 1. The van der Waals surface area contributed by atoms with Crippen molar-refractivity contribution in [3.8, 4) is 5.75 Å². The minimum atomic E-state index is -0.523. The summed E-state index contributed by atoms with van der Waals surface area (Å²) in [5.74, 6) is 0.289. The van der Waals surface area contributed by atoms with Crippen LogP contribution in [0.5, 0.6) is 5.75 Å². The molecule has 0 atom stereocenters. The van der Waals surface area contributed by atoms with Gasteiger partial charge in [-0.25, -0.2) is 4.79 Å². The predicted molar refractivity (Wildman–Crippen MR) is 134 cm³/mol. The summed E-state index contributed by atoms with van der Waals surface area (Å²) in [7, 11) is 1.57. The first-order valence-corrected chi connectivity index (χ1v) is 11.1. The van der Waals surface area contributed by atoms with E-state index in [1.54, 1.807) is 43.5 Å². The number of rotatable bonds is 5. The molecule has 0 bridgehead atoms. The maximum Gasteiger partial charge on any atom is 0.343 e. The van der Waals surface area contributed by atoms with Gasteiger partial charge in [-0.2, -0.15) is 0 Å². The van der Waals surface area contributed by atoms with Gasteiger partial charge in [0.15, 0.2) is 11.3 Å². The summed E-state index contributed by atoms with van der Waals surface area (Å²) >= 11 is 12.8. The van der Waals surface area contributed by atoms with Gasteiger partial charge in [0.1, 0.15) is 11.3 Å². The molecule has 2 heterocycles. The summed E-state index contributed by atoms with van der Waals surface area (Å²) in [5.41, 5.74) is 2.72. The van der Waals surface area contributed by atoms with Crippen molar-refractivity contribution < 1.29 is 18.7 Å². The molecule has 0 aliphatic rings. The molecule has 0 aliphatic carbocycles. The van der Waals surface area contributed by atoms with Crippen LogP contribution in [0.1, 0.15) is 21.5 Å². The lowest BCUT2D eigenvalue weighted by Crippen LogP contribution is -2.05. The Morgan fingerprint density at radius 2 is 1.65 bits per heavy atom. The Morgan fingerprint density at radius 1 is 0.941 bits per heavy atom. The van der Waals surface area contributed by atoms with E-state index in [0.717, 1.165) is 10.8 Å². The van der Waals surface area contributed by atoms with E-state index in [2.05, 4.69) is 4.98 Å². The van der Waals surface area contributed by atoms with Crippen molar-refractivity contribution in [2.45, 2.75) is 0 Å². The number of hydrogen-bond donors (Lipinski definition) is 0. The number of carbonyl (C=O) groups is 1. The molecule has 7 heteroatoms. The van der Waals surface area contributed by atoms with E-state index >= 15 is 0 Å². The van der Waals surface area contributed by atoms with Gasteiger partial charge in [-0.3, -0.25) is 4.98 Å². The Hall–Kier alpha value is -3.80. The maximum atomic E-state index is 13.1. The molecule has 5 nitrogen and oxygen atoms in total. The summed E-state index contributed by atoms with van der Waals surface area (Å²) in [6, 6.07) is 19.9. The number of halogens is 2. The summed E-state index contributed by atoms with van der Waals surface area (Å²) in [5, 5.41) is 2.23. The van der Waals surface area contributed by atoms with Crippen molar-refractivity contribution in [2.75, 3.05) is 7.11 Å². The minimum Gasteiger partial charge on any atom is -0.493 e. The molecule has 34 heavy (non-hydrogen) atoms. The zero-order chi connectivity index (χ0) is 23.7. The van der Waals surface area contributed by atoms with E-state index in [9.17, 15) is 4.79 Å². The van der Waals surface area contributed by atoms with Crippen molar-refractivity contribution in [1.82, 2.24) is 4.98 Å². The first-order chi connectivity index (χ1) is 16.6. The third-order valence-corrected chi connectivity index (χ3v) is 5.96. The average Bonchev–Trinajstić information content (AvgIpc) is 3.25. The van der Waals surface area contributed by atoms with Crippen LogP contribution in [0.15, 0.2) is 83.5 Å². The Labute approximate surface area is 205 Å². The normalized spacial score (nSPS) is 11.7. The van der Waals surface area contributed by atoms with Gasteiger partial charge in [-0.15, -0.1) is 0 Å². The highest BCUT2D eigenvalue weighted by Gasteiger charge is 2.21. The van der Waals surface area contributed by atoms with Crippen LogP contribution in [0.25, 0.3) is 33.8 Å². The second kappa shape index (κ2) is 9.21. The van der Waals surface area contributed by atoms with Gasteiger partial charge in [0, 0.05) is 34.3 Å². The lowest BCUT2D eigenvalue weighted by Gasteiger charge is -2.13. The molecule has 0 fully saturated rings. The highest BCUT2D eigenvalue weighted by Crippen LogP contribution is 2.41. The number of aromatic nitrogens is 1. The monoisotopic (exact) mass is 489 g/mol. The van der Waals surface area contributed by atoms with Crippen LogP contribution in [0.2, 0.25) is 10.0 Å². The molecule has 0 saturated heterocycles. The second-order valence-corrected chi connectivity index (χ2v) is 8.21. The number of para-hydroxylation sites is 1. The molecule has 0 N–H and O–H groups in total. The fourth-order valence-corrected chi connectivity index (χ4v) is 4.23. The Morgan fingerprint density at radius 3 is 2.38 bits per heavy atom. The number of hydrogen-bond acceptors (Lipinski definition) is 5. The highest BCUT2D eigenvalue weighted by atomic mass is 35.5. The molecular formula is C27H17Cl2NO4. The van der Waals surface area contributed by atoms with E-state index in [4.69, 9.17) is 37.1 Å². The smallest absolute Gasteiger partial charge is 0.343 e. The van der Waals surface area contributed by atoms with Crippen LogP contribution in [-0.4, -0.2) is 18.1 Å². The topological polar surface area (TPSA) is 61.6 Å². The SMILES string of the molecule is COc1ccc(C(=Cc2c(Cl)cncc2Cl)OC(=O)c2ccccc2)c2c1oc1ccccc12. The summed E-state index contributed by atoms with van der Waals surface area (Å²) in [6.45, 7) is 0. The number of carbonyl (C=O) groups excluding carboxylic acids is 1. The van der Waals surface area contributed by atoms with Crippen molar-refractivity contribution in [1.29, 1.82) is 0 Å². The fourth-order valence-electron chi connectivity index (χ4n) is 3.76. The van der Waals surface area contributed by atoms with E-state index < -0.39 is 5.97 Å². The molecule has 5 rings (SSSR count). The van der Waals surface area contributed by atoms with Crippen molar-refractivity contribution in [2.24, 2.45) is 0 Å². The molecule has 5 aromatic rings. The first kappa shape index (κ1) is 22.0. The Balaban J connectivity index is 1.77. The van der Waals surface area contributed by atoms with Gasteiger partial charge in [0.2, 0.25) is 0 Å². The van der Waals surface area contributed by atoms with E-state index in [1.165, 1.54) is 12.4 Å². The number of ether oxygens (including phenoxy) is 2. The molecule has 168 valence electrons. The zero-order valence-electron chi connectivity index (χ0n) is 17.9. The highest BCUT2D eigenvalue weighted by molar-refractivity contribution is 6.37. The van der Waals surface area contributed by atoms with Gasteiger partial charge in [-0.05, 0) is 36.4 Å². The summed E-state index contributed by atoms with van der Waals surface area (Å²) in [4.78, 5) is 17.1. The largest absolute Gasteiger partial charge is 0.493 e. The molecule has 0 amide bonds. The van der Waals surface area contributed by atoms with Gasteiger partial charge >= 0.3 is 5.97 Å². The lowest BCUT2D eigenvalue weighted by atomic mass is 10.0. The molecule has 0 radical (unpaired) electrons. The molecule has 2 aromatic heterocycles. The first-order valence-electron chi connectivity index (χ1n) is 10.3. The van der Waals surface area contributed by atoms with Gasteiger partial charge in [0.05, 0.1) is 22.7 Å². The Kier molecular flexibility index (Phi) is 5.97. The van der Waals surface area contributed by atoms with E-state index in [0.29, 0.717) is 43.7 Å². The third-order valence-electron chi connectivity index (χ3n) is 5.35. The van der Waals surface area contributed by atoms with Crippen LogP contribution < -0.4 is 4.74 Å². The molecule has 0 spiro atoms. The number of pyridine rings is 1. The number of benzene rings is 3. The molecule has 0 aliphatic heterocycles. The van der Waals surface area contributed by atoms with Crippen molar-refractivity contribution in [3.63, 3.8) is 0 Å². The standard InChI is InChI=1S/C27H17Cl2NO4/c1-32-23-12-11-18(25-17-9-5-6-10-22(17)33-26(23)25)24(13-19-20(28)14-30-15-21(19)29)34-27(31)16-7-3-2-4-8-16/h2-15H,1H3. The van der Waals surface area contributed by atoms with Gasteiger partial charge in [-0.1, -0.05) is 59.6 Å². The van der Waals surface area contributed by atoms with Crippen LogP contribution in [0.3, 0.4) is 0 Å². The molecule has 0 unspecified atom stereocenters. The molecule has 3 aromatic carbocycles. The van der Waals surface area contributed by atoms with Crippen LogP contribution in [0, 0.1) is 0 Å². The fraction of sp³-hybridized carbons (Fsp3) is 0.0370. The van der Waals surface area contributed by atoms with Crippen LogP contribution >= 0.6 is 23.2 Å². The number of furan rings is 1. The van der Waals surface area contributed by atoms with Gasteiger partial charge in [0.25, 0.3) is 0 Å². The summed E-state index contributed by atoms with van der Waals surface area (Å²) in [6.07, 6.45) is 4.59. The number of fused-ring (bicyclic) bond motifs is 3. The van der Waals surface area contributed by atoms with Crippen molar-refractivity contribution >= 4 is 62.9 Å². The average molecular weight is 490 g/mol. The Bertz CT molecular complexity index is 1540. The zero-order valence-corrected chi connectivity index (χ0v) is 19.4. The number of methoxy groups -OCH3 is 1. The van der Waals surface area contributed by atoms with E-state index in [-0.39, 0.29) is 5.76 Å².